The van der Waals surface area contributed by atoms with Gasteiger partial charge < -0.3 is 65.4 Å². The number of rotatable bonds is 24. The first-order chi connectivity index (χ1) is 38.5. The van der Waals surface area contributed by atoms with Gasteiger partial charge in [-0.1, -0.05) is 31.0 Å². The van der Waals surface area contributed by atoms with Gasteiger partial charge in [0.05, 0.1) is 12.7 Å². The van der Waals surface area contributed by atoms with Gasteiger partial charge in [0.25, 0.3) is 11.5 Å². The Morgan fingerprint density at radius 3 is 2.41 bits per heavy atom. The maximum absolute atomic E-state index is 14.5. The molecular formula is C51H68N10O17P3+. The molecule has 1 fully saturated rings. The van der Waals surface area contributed by atoms with Crippen LogP contribution in [-0.4, -0.2) is 144 Å². The average Bonchev–Trinajstić information content (AvgIpc) is 4.14. The van der Waals surface area contributed by atoms with Crippen LogP contribution in [0, 0.1) is 0 Å². The number of phosphoric ester groups is 1. The fraction of sp³-hybridized carbons (Fsp3) is 0.490. The summed E-state index contributed by atoms with van der Waals surface area (Å²) in [4.78, 5) is 92.1. The smallest absolute Gasteiger partial charge is 0.456 e. The number of hydrogen-bond donors (Lipinski definition) is 10. The van der Waals surface area contributed by atoms with Crippen LogP contribution in [0.1, 0.15) is 104 Å². The van der Waals surface area contributed by atoms with E-state index in [9.17, 15) is 48.1 Å². The molecule has 4 aliphatic rings. The number of imidazole rings is 1. The van der Waals surface area contributed by atoms with Gasteiger partial charge in [-0.05, 0) is 81.7 Å². The standard InChI is InChI=1S/C51H67N10O17P3/c1-4-59-23-12-15-30-25-34-38(27-36(30)59)75-39-28-37-31(16-13-24-60(37)5-2)26-35(39)42(34)32-17-8-9-18-33(32)48(66)58(3)22-14-19-41(62)53-20-10-6-7-11-21-54-51-55-43-46(56-50(52)57-47(43)65)61(51)49-45(64)44(63)40(76-49)29-74-80(70,71)78-81(72,73)77-79(67,68)69/h8-9,17-18,25-28,40,44-45,49,63-64H,4-7,10-16,19-24,29H2,1-3H3,(H8,52,53,57,62,65,66,67,68,69,70,71,72,73)/p+1/t40-,44-,45-,49-/m1/s1. The van der Waals surface area contributed by atoms with Crippen LogP contribution in [0.2, 0.25) is 0 Å². The maximum Gasteiger partial charge on any atom is 0.490 e. The van der Waals surface area contributed by atoms with Crippen molar-refractivity contribution >= 4 is 69.6 Å². The summed E-state index contributed by atoms with van der Waals surface area (Å²) in [7, 11) is -15.4. The van der Waals surface area contributed by atoms with Crippen molar-refractivity contribution in [1.29, 1.82) is 0 Å². The van der Waals surface area contributed by atoms with Crippen LogP contribution in [0.25, 0.3) is 16.7 Å². The number of aliphatic hydroxyl groups excluding tert-OH is 2. The first-order valence-electron chi connectivity index (χ1n) is 26.9. The highest BCUT2D eigenvalue weighted by Gasteiger charge is 2.48. The Hall–Kier alpha value is -5.89. The second-order valence-corrected chi connectivity index (χ2v) is 24.6. The van der Waals surface area contributed by atoms with Gasteiger partial charge in [-0.25, -0.2) is 23.3 Å². The lowest BCUT2D eigenvalue weighted by atomic mass is 9.86. The number of H-pyrrole nitrogens is 1. The zero-order valence-electron chi connectivity index (χ0n) is 44.9. The van der Waals surface area contributed by atoms with Crippen LogP contribution < -0.4 is 46.7 Å². The van der Waals surface area contributed by atoms with E-state index < -0.39 is 60.2 Å². The van der Waals surface area contributed by atoms with Crippen molar-refractivity contribution < 1.29 is 75.7 Å². The minimum absolute atomic E-state index is 0.0414. The van der Waals surface area contributed by atoms with Gasteiger partial charge in [0, 0.05) is 91.8 Å². The molecule has 11 N–H and O–H groups in total. The van der Waals surface area contributed by atoms with Crippen molar-refractivity contribution in [2.75, 3.05) is 75.4 Å². The molecule has 81 heavy (non-hydrogen) atoms. The largest absolute Gasteiger partial charge is 0.490 e. The molecule has 4 aliphatic heterocycles. The number of aliphatic hydroxyl groups is 2. The zero-order valence-corrected chi connectivity index (χ0v) is 47.6. The SMILES string of the molecule is CCN1CCCc2cc3c(cc21)Oc1cc2c(cc1=C3c1ccccc1C(=O)N(C)CCCC(=O)NCCCCCCNc1nc3c(=O)[nH]c(N)nc3n1[C@@H]1O[C@H](COP(=O)(O)OP(=O)(O)OP(=O)(O)O)[C@@H](O)[C@H]1O)CCC[N+]=2CC. The Kier molecular flexibility index (Phi) is 18.4. The molecule has 2 aromatic heterocycles. The van der Waals surface area contributed by atoms with Crippen LogP contribution in [0.4, 0.5) is 17.6 Å². The molecule has 9 rings (SSSR count). The normalized spacial score (nSPS) is 20.1. The number of nitrogen functional groups attached to an aromatic ring is 1. The van der Waals surface area contributed by atoms with Crippen molar-refractivity contribution in [3.05, 3.63) is 97.3 Å². The minimum atomic E-state index is -5.84. The summed E-state index contributed by atoms with van der Waals surface area (Å²) in [6.07, 6.45) is 0.437. The molecule has 6 atom stereocenters. The lowest BCUT2D eigenvalue weighted by Crippen LogP contribution is -2.39. The molecule has 438 valence electrons. The zero-order chi connectivity index (χ0) is 58.0. The molecule has 2 amide bonds. The van der Waals surface area contributed by atoms with E-state index in [0.717, 1.165) is 96.3 Å². The van der Waals surface area contributed by atoms with Crippen LogP contribution in [0.5, 0.6) is 11.5 Å². The average molecular weight is 1190 g/mol. The van der Waals surface area contributed by atoms with Crippen molar-refractivity contribution in [3.63, 3.8) is 0 Å². The number of aromatic nitrogens is 4. The third-order valence-corrected chi connectivity index (χ3v) is 18.5. The highest BCUT2D eigenvalue weighted by atomic mass is 31.3. The predicted molar refractivity (Wildman–Crippen MR) is 296 cm³/mol. The Labute approximate surface area is 464 Å². The first kappa shape index (κ1) is 59.7. The molecule has 0 radical (unpaired) electrons. The summed E-state index contributed by atoms with van der Waals surface area (Å²) >= 11 is 0. The topological polar surface area (TPSA) is 376 Å². The third-order valence-electron chi connectivity index (χ3n) is 14.7. The molecule has 6 heterocycles. The van der Waals surface area contributed by atoms with Crippen molar-refractivity contribution in [3.8, 4) is 11.5 Å². The number of amides is 2. The highest BCUT2D eigenvalue weighted by molar-refractivity contribution is 7.66. The molecule has 0 bridgehead atoms. The number of carbonyl (C=O) groups is 2. The quantitative estimate of drug-likeness (QED) is 0.0237. The Balaban J connectivity index is 0.771. The summed E-state index contributed by atoms with van der Waals surface area (Å²) in [6, 6.07) is 16.7. The monoisotopic (exact) mass is 1190 g/mol. The summed E-state index contributed by atoms with van der Waals surface area (Å²) in [6.45, 7) is 8.08. The van der Waals surface area contributed by atoms with E-state index in [2.05, 4.69) is 86.3 Å². The van der Waals surface area contributed by atoms with E-state index in [1.165, 1.54) is 22.2 Å². The van der Waals surface area contributed by atoms with Crippen molar-refractivity contribution in [1.82, 2.24) is 34.3 Å². The number of anilines is 3. The molecule has 27 nitrogen and oxygen atoms in total. The minimum Gasteiger partial charge on any atom is -0.456 e. The summed E-state index contributed by atoms with van der Waals surface area (Å²) in [5.41, 5.74) is 11.7. The highest BCUT2D eigenvalue weighted by Crippen LogP contribution is 2.66. The van der Waals surface area contributed by atoms with Crippen LogP contribution >= 0.6 is 23.5 Å². The number of phosphoric acid groups is 3. The van der Waals surface area contributed by atoms with Gasteiger partial charge in [-0.15, -0.1) is 0 Å². The molecule has 1 saturated heterocycles. The van der Waals surface area contributed by atoms with E-state index in [1.807, 2.05) is 24.3 Å². The number of hydrogen-bond acceptors (Lipinski definition) is 18. The Morgan fingerprint density at radius 1 is 0.901 bits per heavy atom. The Morgan fingerprint density at radius 2 is 1.65 bits per heavy atom. The second kappa shape index (κ2) is 24.9. The van der Waals surface area contributed by atoms with Gasteiger partial charge in [0.2, 0.25) is 23.2 Å². The number of unbranched alkanes of at least 4 members (excludes halogenated alkanes) is 3. The van der Waals surface area contributed by atoms with Gasteiger partial charge >= 0.3 is 23.5 Å². The fourth-order valence-corrected chi connectivity index (χ4v) is 13.9. The lowest BCUT2D eigenvalue weighted by molar-refractivity contribution is -0.121. The summed E-state index contributed by atoms with van der Waals surface area (Å²) in [5, 5.41) is 30.0. The van der Waals surface area contributed by atoms with E-state index in [0.29, 0.717) is 44.3 Å². The molecule has 30 heteroatoms. The number of aryl methyl sites for hydroxylation is 2. The van der Waals surface area contributed by atoms with E-state index >= 15 is 0 Å². The van der Waals surface area contributed by atoms with Gasteiger partial charge in [-0.3, -0.25) is 28.5 Å². The predicted octanol–water partition coefficient (Wildman–Crippen LogP) is 2.89. The molecule has 3 aromatic carbocycles. The van der Waals surface area contributed by atoms with Crippen molar-refractivity contribution in [2.45, 2.75) is 103 Å². The fourth-order valence-electron chi connectivity index (χ4n) is 10.9. The third kappa shape index (κ3) is 13.6. The van der Waals surface area contributed by atoms with Gasteiger partial charge in [0.1, 0.15) is 42.9 Å². The number of aromatic amines is 1. The number of carbonyl (C=O) groups excluding carboxylic acids is 2. The number of benzene rings is 3. The van der Waals surface area contributed by atoms with E-state index in [4.69, 9.17) is 25.0 Å². The summed E-state index contributed by atoms with van der Waals surface area (Å²) in [5.74, 6) is 0.900. The van der Waals surface area contributed by atoms with E-state index in [1.54, 1.807) is 11.9 Å². The van der Waals surface area contributed by atoms with Crippen LogP contribution in [-0.2, 0) is 49.2 Å². The Bertz CT molecular complexity index is 3560. The second-order valence-electron chi connectivity index (χ2n) is 20.2. The van der Waals surface area contributed by atoms with Gasteiger partial charge in [0.15, 0.2) is 17.4 Å². The van der Waals surface area contributed by atoms with Crippen molar-refractivity contribution in [2.24, 2.45) is 0 Å². The summed E-state index contributed by atoms with van der Waals surface area (Å²) < 4.78 is 63.2. The van der Waals surface area contributed by atoms with E-state index in [-0.39, 0.29) is 47.8 Å². The molecule has 0 aliphatic carbocycles. The number of nitrogens with one attached hydrogen (secondary N) is 3. The molecular weight excluding hydrogens is 1120 g/mol. The first-order valence-corrected chi connectivity index (χ1v) is 31.4. The number of fused-ring (bicyclic) bond motifs is 5. The number of nitrogens with zero attached hydrogens (tertiary/aromatic N) is 6. The van der Waals surface area contributed by atoms with Gasteiger partial charge in [-0.2, -0.15) is 13.6 Å². The maximum atomic E-state index is 14.5. The van der Waals surface area contributed by atoms with Crippen LogP contribution in [0.3, 0.4) is 0 Å². The number of nitrogens with two attached hydrogens (primary N) is 1. The number of ether oxygens (including phenoxy) is 2. The molecule has 0 saturated carbocycles. The molecule has 5 aromatic rings. The molecule has 0 spiro atoms. The molecule has 2 unspecified atom stereocenters. The van der Waals surface area contributed by atoms with Crippen LogP contribution in [0.15, 0.2) is 53.3 Å². The lowest BCUT2D eigenvalue weighted by Gasteiger charge is -2.33.